The second-order valence-corrected chi connectivity index (χ2v) is 4.77. The van der Waals surface area contributed by atoms with Crippen LogP contribution in [0.3, 0.4) is 0 Å². The van der Waals surface area contributed by atoms with E-state index in [0.717, 1.165) is 5.57 Å². The monoisotopic (exact) mass is 292 g/mol. The highest BCUT2D eigenvalue weighted by atomic mass is 16.5. The molecule has 0 spiro atoms. The molecule has 0 saturated carbocycles. The van der Waals surface area contributed by atoms with Crippen molar-refractivity contribution in [2.45, 2.75) is 19.4 Å². The molecule has 4 nitrogen and oxygen atoms in total. The van der Waals surface area contributed by atoms with Crippen LogP contribution in [0.1, 0.15) is 18.9 Å². The number of phenols is 1. The van der Waals surface area contributed by atoms with E-state index in [9.17, 15) is 15.6 Å². The maximum atomic E-state index is 9.45. The molecule has 0 radical (unpaired) electrons. The van der Waals surface area contributed by atoms with Gasteiger partial charge in [0.25, 0.3) is 0 Å². The Bertz CT molecular complexity index is 713. The topological polar surface area (TPSA) is 77.0 Å². The van der Waals surface area contributed by atoms with Gasteiger partial charge in [-0.25, -0.2) is 0 Å². The molecule has 1 unspecified atom stereocenters. The van der Waals surface area contributed by atoms with Gasteiger partial charge in [-0.3, -0.25) is 0 Å². The van der Waals surface area contributed by atoms with E-state index in [1.165, 1.54) is 12.1 Å². The number of benzene rings is 1. The molecule has 1 aromatic carbocycles. The highest BCUT2D eigenvalue weighted by Gasteiger charge is 2.16. The molecule has 4 heteroatoms. The van der Waals surface area contributed by atoms with Crippen LogP contribution in [0.15, 0.2) is 53.6 Å². The third-order valence-electron chi connectivity index (χ3n) is 3.36. The van der Waals surface area contributed by atoms with Crippen molar-refractivity contribution in [3.63, 3.8) is 0 Å². The zero-order valence-electron chi connectivity index (χ0n) is 12.3. The van der Waals surface area contributed by atoms with Gasteiger partial charge < -0.3 is 9.84 Å². The Hall–Kier alpha value is -2.82. The molecular formula is C18H16N2O2. The summed E-state index contributed by atoms with van der Waals surface area (Å²) in [6.07, 6.45) is 6.34. The molecule has 110 valence electrons. The number of rotatable bonds is 4. The van der Waals surface area contributed by atoms with Crippen LogP contribution in [0, 0.1) is 22.7 Å². The van der Waals surface area contributed by atoms with Gasteiger partial charge >= 0.3 is 0 Å². The van der Waals surface area contributed by atoms with Gasteiger partial charge in [-0.05, 0) is 48.7 Å². The van der Waals surface area contributed by atoms with Crippen molar-refractivity contribution in [2.75, 3.05) is 6.61 Å². The van der Waals surface area contributed by atoms with Gasteiger partial charge in [0.1, 0.15) is 17.9 Å². The maximum absolute atomic E-state index is 9.45. The Morgan fingerprint density at radius 3 is 2.41 bits per heavy atom. The number of aromatic hydroxyl groups is 1. The molecule has 0 saturated heterocycles. The molecule has 1 N–H and O–H groups in total. The van der Waals surface area contributed by atoms with E-state index < -0.39 is 0 Å². The Labute approximate surface area is 129 Å². The lowest BCUT2D eigenvalue weighted by Crippen LogP contribution is -2.11. The Balaban J connectivity index is 2.38. The summed E-state index contributed by atoms with van der Waals surface area (Å²) in [4.78, 5) is 0. The van der Waals surface area contributed by atoms with E-state index in [-0.39, 0.29) is 11.9 Å². The number of allylic oxidation sites excluding steroid dienone is 4. The highest BCUT2D eigenvalue weighted by molar-refractivity contribution is 5.85. The van der Waals surface area contributed by atoms with Crippen LogP contribution in [0.2, 0.25) is 0 Å². The highest BCUT2D eigenvalue weighted by Crippen LogP contribution is 2.27. The van der Waals surface area contributed by atoms with Gasteiger partial charge in [0.15, 0.2) is 0 Å². The van der Waals surface area contributed by atoms with Crippen molar-refractivity contribution < 1.29 is 9.84 Å². The van der Waals surface area contributed by atoms with Crippen molar-refractivity contribution in [3.05, 3.63) is 59.2 Å². The number of ether oxygens (including phenoxy) is 1. The summed E-state index contributed by atoms with van der Waals surface area (Å²) in [5.41, 5.74) is 1.97. The van der Waals surface area contributed by atoms with E-state index in [4.69, 9.17) is 4.74 Å². The van der Waals surface area contributed by atoms with Gasteiger partial charge in [0, 0.05) is 6.61 Å². The van der Waals surface area contributed by atoms with Crippen LogP contribution in [0.4, 0.5) is 0 Å². The third kappa shape index (κ3) is 3.44. The summed E-state index contributed by atoms with van der Waals surface area (Å²) in [6.45, 7) is 2.57. The van der Waals surface area contributed by atoms with Crippen LogP contribution >= 0.6 is 0 Å². The lowest BCUT2D eigenvalue weighted by atomic mass is 9.92. The first-order valence-electron chi connectivity index (χ1n) is 7.03. The third-order valence-corrected chi connectivity index (χ3v) is 3.36. The molecule has 1 aliphatic rings. The molecule has 0 bridgehead atoms. The fourth-order valence-electron chi connectivity index (χ4n) is 2.28. The van der Waals surface area contributed by atoms with Crippen molar-refractivity contribution in [2.24, 2.45) is 0 Å². The predicted octanol–water partition coefficient (Wildman–Crippen LogP) is 3.48. The lowest BCUT2D eigenvalue weighted by molar-refractivity contribution is 0.0976. The van der Waals surface area contributed by atoms with Gasteiger partial charge in [0.2, 0.25) is 0 Å². The number of hydrogen-bond donors (Lipinski definition) is 1. The first-order valence-corrected chi connectivity index (χ1v) is 7.03. The van der Waals surface area contributed by atoms with Crippen molar-refractivity contribution in [1.82, 2.24) is 0 Å². The second-order valence-electron chi connectivity index (χ2n) is 4.77. The molecule has 0 aromatic heterocycles. The van der Waals surface area contributed by atoms with Gasteiger partial charge in [-0.2, -0.15) is 10.5 Å². The van der Waals surface area contributed by atoms with E-state index in [2.05, 4.69) is 12.1 Å². The van der Waals surface area contributed by atoms with Crippen molar-refractivity contribution in [3.8, 4) is 17.9 Å². The largest absolute Gasteiger partial charge is 0.508 e. The molecule has 1 aliphatic carbocycles. The zero-order valence-corrected chi connectivity index (χ0v) is 12.3. The molecular weight excluding hydrogens is 276 g/mol. The molecule has 0 aliphatic heterocycles. The summed E-state index contributed by atoms with van der Waals surface area (Å²) in [7, 11) is 0. The minimum absolute atomic E-state index is 0.0212. The standard InChI is InChI=1S/C18H16N2O2/c1-2-22-16-9-5-14(6-10-16)18(12-20)17(11-19)13-3-7-15(21)8-4-13/h3-9,16,21H,2,10H2,1H3/b18-17+. The van der Waals surface area contributed by atoms with Crippen LogP contribution in [0.5, 0.6) is 5.75 Å². The van der Waals surface area contributed by atoms with Gasteiger partial charge in [0.05, 0.1) is 17.3 Å². The summed E-state index contributed by atoms with van der Waals surface area (Å²) in [5, 5.41) is 28.2. The van der Waals surface area contributed by atoms with Crippen LogP contribution in [0.25, 0.3) is 5.57 Å². The summed E-state index contributed by atoms with van der Waals surface area (Å²) >= 11 is 0. The Morgan fingerprint density at radius 1 is 1.23 bits per heavy atom. The molecule has 0 fully saturated rings. The lowest BCUT2D eigenvalue weighted by Gasteiger charge is -2.16. The molecule has 0 heterocycles. The molecule has 22 heavy (non-hydrogen) atoms. The molecule has 2 rings (SSSR count). The average Bonchev–Trinajstić information content (AvgIpc) is 2.55. The van der Waals surface area contributed by atoms with E-state index in [1.54, 1.807) is 12.1 Å². The first-order chi connectivity index (χ1) is 10.7. The maximum Gasteiger partial charge on any atom is 0.115 e. The average molecular weight is 292 g/mol. The van der Waals surface area contributed by atoms with Crippen LogP contribution < -0.4 is 0 Å². The van der Waals surface area contributed by atoms with Crippen LogP contribution in [-0.4, -0.2) is 17.8 Å². The minimum atomic E-state index is 0.0212. The molecule has 1 aromatic rings. The summed E-state index contributed by atoms with van der Waals surface area (Å²) < 4.78 is 5.51. The zero-order chi connectivity index (χ0) is 15.9. The minimum Gasteiger partial charge on any atom is -0.508 e. The number of nitriles is 2. The Kier molecular flexibility index (Phi) is 5.14. The van der Waals surface area contributed by atoms with Gasteiger partial charge in [-0.1, -0.05) is 18.2 Å². The number of phenolic OH excluding ortho intramolecular Hbond substituents is 1. The van der Waals surface area contributed by atoms with Crippen LogP contribution in [-0.2, 0) is 4.74 Å². The summed E-state index contributed by atoms with van der Waals surface area (Å²) in [5.74, 6) is 0.121. The SMILES string of the molecule is CCOC1C=CC(/C(C#N)=C(\C#N)c2ccc(O)cc2)=CC1. The quantitative estimate of drug-likeness (QED) is 0.862. The first kappa shape index (κ1) is 15.6. The van der Waals surface area contributed by atoms with Crippen molar-refractivity contribution in [1.29, 1.82) is 10.5 Å². The second kappa shape index (κ2) is 7.26. The fourth-order valence-corrected chi connectivity index (χ4v) is 2.28. The smallest absolute Gasteiger partial charge is 0.115 e. The van der Waals surface area contributed by atoms with Crippen molar-refractivity contribution >= 4 is 5.57 Å². The number of nitrogens with zero attached hydrogens (tertiary/aromatic N) is 2. The van der Waals surface area contributed by atoms with E-state index in [0.29, 0.717) is 29.7 Å². The molecule has 0 amide bonds. The fraction of sp³-hybridized carbons (Fsp3) is 0.222. The number of hydrogen-bond acceptors (Lipinski definition) is 4. The molecule has 1 atom stereocenters. The normalized spacial score (nSPS) is 18.0. The van der Waals surface area contributed by atoms with Gasteiger partial charge in [-0.15, -0.1) is 0 Å². The Morgan fingerprint density at radius 2 is 1.91 bits per heavy atom. The van der Waals surface area contributed by atoms with E-state index in [1.807, 2.05) is 25.2 Å². The summed E-state index contributed by atoms with van der Waals surface area (Å²) in [6, 6.07) is 10.5. The predicted molar refractivity (Wildman–Crippen MR) is 83.5 cm³/mol. The van der Waals surface area contributed by atoms with E-state index >= 15 is 0 Å².